The van der Waals surface area contributed by atoms with Crippen LogP contribution in [0.4, 0.5) is 11.4 Å². The molecule has 0 radical (unpaired) electrons. The van der Waals surface area contributed by atoms with Gasteiger partial charge in [0.1, 0.15) is 5.75 Å². The summed E-state index contributed by atoms with van der Waals surface area (Å²) in [6.07, 6.45) is 1.54. The molecular formula is C30H30N4O4S. The van der Waals surface area contributed by atoms with Gasteiger partial charge >= 0.3 is 0 Å². The molecule has 1 amide bonds. The van der Waals surface area contributed by atoms with Crippen LogP contribution in [0.5, 0.6) is 5.75 Å². The molecule has 0 aliphatic heterocycles. The van der Waals surface area contributed by atoms with Gasteiger partial charge in [-0.2, -0.15) is 5.10 Å². The van der Waals surface area contributed by atoms with E-state index in [9.17, 15) is 13.2 Å². The van der Waals surface area contributed by atoms with Crippen molar-refractivity contribution in [2.24, 2.45) is 5.10 Å². The zero-order valence-corrected chi connectivity index (χ0v) is 22.6. The summed E-state index contributed by atoms with van der Waals surface area (Å²) in [5, 5.41) is 4.04. The number of anilines is 2. The third kappa shape index (κ3) is 7.24. The smallest absolute Gasteiger partial charge is 0.271 e. The highest BCUT2D eigenvalue weighted by atomic mass is 32.2. The van der Waals surface area contributed by atoms with E-state index >= 15 is 0 Å². The van der Waals surface area contributed by atoms with E-state index in [1.165, 1.54) is 36.9 Å². The molecule has 4 aromatic rings. The number of hydrogen-bond acceptors (Lipinski definition) is 6. The number of nitrogens with zero attached hydrogens (tertiary/aromatic N) is 2. The van der Waals surface area contributed by atoms with Gasteiger partial charge in [-0.15, -0.1) is 0 Å². The second kappa shape index (κ2) is 12.7. The fraction of sp³-hybridized carbons (Fsp3) is 0.133. The van der Waals surface area contributed by atoms with Crippen LogP contribution in [0.15, 0.2) is 113 Å². The van der Waals surface area contributed by atoms with Crippen LogP contribution in [0.2, 0.25) is 0 Å². The molecule has 9 heteroatoms. The highest BCUT2D eigenvalue weighted by Gasteiger charge is 2.18. The number of carbonyl (C=O) groups is 1. The van der Waals surface area contributed by atoms with Crippen LogP contribution in [0.1, 0.15) is 28.4 Å². The van der Waals surface area contributed by atoms with Crippen molar-refractivity contribution in [3.05, 3.63) is 120 Å². The summed E-state index contributed by atoms with van der Waals surface area (Å²) in [5.41, 5.74) is 6.05. The molecule has 200 valence electrons. The number of ether oxygens (including phenoxy) is 1. The number of carbonyl (C=O) groups excluding carboxylic acids is 1. The monoisotopic (exact) mass is 542 g/mol. The summed E-state index contributed by atoms with van der Waals surface area (Å²) < 4.78 is 33.5. The lowest BCUT2D eigenvalue weighted by Crippen LogP contribution is -2.21. The van der Waals surface area contributed by atoms with Crippen molar-refractivity contribution in [3.8, 4) is 5.75 Å². The minimum absolute atomic E-state index is 0.0587. The fourth-order valence-corrected chi connectivity index (χ4v) is 5.04. The quantitative estimate of drug-likeness (QED) is 0.198. The van der Waals surface area contributed by atoms with Crippen LogP contribution in [0, 0.1) is 0 Å². The molecule has 0 bridgehead atoms. The molecule has 4 rings (SSSR count). The van der Waals surface area contributed by atoms with E-state index in [0.717, 1.165) is 24.3 Å². The Morgan fingerprint density at radius 1 is 0.923 bits per heavy atom. The second-order valence-electron chi connectivity index (χ2n) is 8.62. The Morgan fingerprint density at radius 2 is 1.64 bits per heavy atom. The Balaban J connectivity index is 1.39. The molecule has 0 saturated heterocycles. The average molecular weight is 543 g/mol. The molecule has 0 aliphatic carbocycles. The number of hydrazone groups is 1. The molecule has 0 saturated carbocycles. The van der Waals surface area contributed by atoms with Crippen molar-refractivity contribution in [3.63, 3.8) is 0 Å². The van der Waals surface area contributed by atoms with E-state index in [0.29, 0.717) is 11.4 Å². The minimum atomic E-state index is -3.95. The second-order valence-corrected chi connectivity index (χ2v) is 10.3. The number of methoxy groups -OCH3 is 1. The van der Waals surface area contributed by atoms with Crippen LogP contribution in [-0.2, 0) is 16.6 Å². The third-order valence-corrected chi connectivity index (χ3v) is 7.36. The third-order valence-electron chi connectivity index (χ3n) is 5.99. The Labute approximate surface area is 229 Å². The maximum absolute atomic E-state index is 12.9. The van der Waals surface area contributed by atoms with E-state index < -0.39 is 15.9 Å². The first kappa shape index (κ1) is 27.4. The molecule has 0 aromatic heterocycles. The van der Waals surface area contributed by atoms with Gasteiger partial charge < -0.3 is 9.64 Å². The van der Waals surface area contributed by atoms with E-state index in [1.807, 2.05) is 42.5 Å². The van der Waals surface area contributed by atoms with E-state index in [2.05, 4.69) is 39.2 Å². The molecule has 2 N–H and O–H groups in total. The van der Waals surface area contributed by atoms with E-state index in [1.54, 1.807) is 30.5 Å². The summed E-state index contributed by atoms with van der Waals surface area (Å²) in [7, 11) is -2.49. The lowest BCUT2D eigenvalue weighted by Gasteiger charge is -2.23. The number of sulfonamides is 1. The summed E-state index contributed by atoms with van der Waals surface area (Å²) in [5.74, 6) is -0.145. The predicted octanol–water partition coefficient (Wildman–Crippen LogP) is 5.29. The molecule has 8 nitrogen and oxygen atoms in total. The number of hydrogen-bond donors (Lipinski definition) is 2. The van der Waals surface area contributed by atoms with Gasteiger partial charge in [0.05, 0.1) is 23.9 Å². The van der Waals surface area contributed by atoms with Crippen molar-refractivity contribution in [2.45, 2.75) is 18.4 Å². The summed E-state index contributed by atoms with van der Waals surface area (Å²) in [6, 6.07) is 30.6. The largest absolute Gasteiger partial charge is 0.495 e. The molecule has 0 heterocycles. The standard InChI is InChI=1S/C30H30N4O4S/c1-3-34(22-24-10-5-4-6-11-24)26-18-16-23(17-19-26)21-31-32-30(35)25-12-9-13-27(20-25)39(36,37)33-28-14-7-8-15-29(28)38-2/h4-21,33H,3,22H2,1-2H3,(H,32,35). The van der Waals surface area contributed by atoms with Crippen molar-refractivity contribution in [2.75, 3.05) is 23.3 Å². The molecule has 0 aliphatic rings. The van der Waals surface area contributed by atoms with Crippen LogP contribution in [0.25, 0.3) is 0 Å². The van der Waals surface area contributed by atoms with Gasteiger partial charge in [-0.25, -0.2) is 13.8 Å². The topological polar surface area (TPSA) is 100 Å². The number of nitrogens with one attached hydrogen (secondary N) is 2. The molecule has 39 heavy (non-hydrogen) atoms. The van der Waals surface area contributed by atoms with Crippen LogP contribution in [-0.4, -0.2) is 34.2 Å². The summed E-state index contributed by atoms with van der Waals surface area (Å²) in [6.45, 7) is 3.79. The molecule has 4 aromatic carbocycles. The number of amides is 1. The maximum Gasteiger partial charge on any atom is 0.271 e. The maximum atomic E-state index is 12.9. The molecule has 0 spiro atoms. The van der Waals surface area contributed by atoms with Crippen molar-refractivity contribution in [1.29, 1.82) is 0 Å². The Hall–Kier alpha value is -4.63. The van der Waals surface area contributed by atoms with Crippen molar-refractivity contribution in [1.82, 2.24) is 5.43 Å². The molecular weight excluding hydrogens is 512 g/mol. The summed E-state index contributed by atoms with van der Waals surface area (Å²) in [4.78, 5) is 14.9. The SMILES string of the molecule is CCN(Cc1ccccc1)c1ccc(C=NNC(=O)c2cccc(S(=O)(=O)Nc3ccccc3OC)c2)cc1. The highest BCUT2D eigenvalue weighted by molar-refractivity contribution is 7.92. The predicted molar refractivity (Wildman–Crippen MR) is 155 cm³/mol. The summed E-state index contributed by atoms with van der Waals surface area (Å²) >= 11 is 0. The van der Waals surface area contributed by atoms with Gasteiger partial charge in [0.15, 0.2) is 0 Å². The van der Waals surface area contributed by atoms with Crippen LogP contribution < -0.4 is 19.8 Å². The van der Waals surface area contributed by atoms with Crippen molar-refractivity contribution < 1.29 is 17.9 Å². The lowest BCUT2D eigenvalue weighted by molar-refractivity contribution is 0.0955. The van der Waals surface area contributed by atoms with Gasteiger partial charge in [-0.05, 0) is 60.5 Å². The fourth-order valence-electron chi connectivity index (χ4n) is 3.93. The van der Waals surface area contributed by atoms with Crippen LogP contribution >= 0.6 is 0 Å². The van der Waals surface area contributed by atoms with E-state index in [4.69, 9.17) is 4.74 Å². The number of para-hydroxylation sites is 2. The van der Waals surface area contributed by atoms with Gasteiger partial charge in [0, 0.05) is 24.3 Å². The zero-order valence-electron chi connectivity index (χ0n) is 21.7. The molecule has 0 unspecified atom stereocenters. The Kier molecular flexibility index (Phi) is 8.96. The van der Waals surface area contributed by atoms with Crippen LogP contribution in [0.3, 0.4) is 0 Å². The first-order valence-corrected chi connectivity index (χ1v) is 13.9. The van der Waals surface area contributed by atoms with Gasteiger partial charge in [0.25, 0.3) is 15.9 Å². The van der Waals surface area contributed by atoms with Gasteiger partial charge in [-0.3, -0.25) is 9.52 Å². The van der Waals surface area contributed by atoms with Gasteiger partial charge in [-0.1, -0.05) is 60.7 Å². The average Bonchev–Trinajstić information content (AvgIpc) is 2.97. The van der Waals surface area contributed by atoms with Gasteiger partial charge in [0.2, 0.25) is 0 Å². The lowest BCUT2D eigenvalue weighted by atomic mass is 10.1. The number of rotatable bonds is 11. The first-order chi connectivity index (χ1) is 18.9. The Bertz CT molecular complexity index is 1540. The first-order valence-electron chi connectivity index (χ1n) is 12.4. The molecule has 0 atom stereocenters. The normalized spacial score (nSPS) is 11.2. The Morgan fingerprint density at radius 3 is 2.36 bits per heavy atom. The van der Waals surface area contributed by atoms with E-state index in [-0.39, 0.29) is 10.5 Å². The zero-order chi connectivity index (χ0) is 27.7. The number of benzene rings is 4. The minimum Gasteiger partial charge on any atom is -0.495 e. The van der Waals surface area contributed by atoms with Crippen molar-refractivity contribution >= 4 is 33.5 Å². The molecule has 0 fully saturated rings. The highest BCUT2D eigenvalue weighted by Crippen LogP contribution is 2.26.